The summed E-state index contributed by atoms with van der Waals surface area (Å²) in [5, 5.41) is 0. The second-order valence-electron chi connectivity index (χ2n) is 4.67. The zero-order chi connectivity index (χ0) is 15.6. The summed E-state index contributed by atoms with van der Waals surface area (Å²) in [6, 6.07) is 8.64. The highest BCUT2D eigenvalue weighted by Gasteiger charge is 2.30. The topological polar surface area (TPSA) is 26.0 Å². The molecule has 21 heavy (non-hydrogen) atoms. The number of hydrogen-bond donors (Lipinski definition) is 1. The average Bonchev–Trinajstić information content (AvgIpc) is 2.37. The summed E-state index contributed by atoms with van der Waals surface area (Å²) in [6.07, 6.45) is -4.27. The van der Waals surface area contributed by atoms with Crippen LogP contribution in [-0.4, -0.2) is 0 Å². The summed E-state index contributed by atoms with van der Waals surface area (Å²) in [5.41, 5.74) is 5.86. The van der Waals surface area contributed by atoms with Gasteiger partial charge in [-0.15, -0.1) is 0 Å². The minimum Gasteiger partial charge on any atom is -0.324 e. The van der Waals surface area contributed by atoms with Crippen LogP contribution in [0.1, 0.15) is 22.7 Å². The molecule has 0 saturated carbocycles. The van der Waals surface area contributed by atoms with E-state index in [1.54, 1.807) is 12.1 Å². The van der Waals surface area contributed by atoms with Crippen molar-refractivity contribution in [3.8, 4) is 0 Å². The molecule has 6 heteroatoms. The summed E-state index contributed by atoms with van der Waals surface area (Å²) in [5.74, 6) is -0.483. The molecule has 0 aliphatic carbocycles. The maximum Gasteiger partial charge on any atom is 0.416 e. The van der Waals surface area contributed by atoms with E-state index in [1.165, 1.54) is 18.2 Å². The molecule has 2 N–H and O–H groups in total. The molecule has 0 spiro atoms. The molecule has 0 fully saturated rings. The number of halogens is 5. The molecule has 1 unspecified atom stereocenters. The van der Waals surface area contributed by atoms with Crippen molar-refractivity contribution in [1.82, 2.24) is 0 Å². The van der Waals surface area contributed by atoms with E-state index in [9.17, 15) is 17.6 Å². The minimum atomic E-state index is -4.40. The maximum absolute atomic E-state index is 13.8. The van der Waals surface area contributed by atoms with Gasteiger partial charge >= 0.3 is 6.18 Å². The minimum absolute atomic E-state index is 0.127. The zero-order valence-corrected chi connectivity index (χ0v) is 12.4. The largest absolute Gasteiger partial charge is 0.416 e. The third kappa shape index (κ3) is 4.04. The first kappa shape index (κ1) is 16.0. The van der Waals surface area contributed by atoms with Gasteiger partial charge in [0.15, 0.2) is 0 Å². The van der Waals surface area contributed by atoms with Gasteiger partial charge in [-0.2, -0.15) is 13.2 Å². The fourth-order valence-electron chi connectivity index (χ4n) is 2.04. The predicted octanol–water partition coefficient (Wildman–Crippen LogP) is 4.85. The molecule has 2 aromatic carbocycles. The molecule has 0 amide bonds. The van der Waals surface area contributed by atoms with E-state index in [4.69, 9.17) is 5.73 Å². The van der Waals surface area contributed by atoms with E-state index >= 15 is 0 Å². The van der Waals surface area contributed by atoms with Crippen molar-refractivity contribution in [2.24, 2.45) is 5.73 Å². The fourth-order valence-corrected chi connectivity index (χ4v) is 2.37. The number of nitrogens with two attached hydrogens (primary N) is 1. The Bertz CT molecular complexity index is 640. The van der Waals surface area contributed by atoms with Gasteiger partial charge in [0.25, 0.3) is 0 Å². The first-order chi connectivity index (χ1) is 9.77. The van der Waals surface area contributed by atoms with Gasteiger partial charge in [-0.3, -0.25) is 0 Å². The van der Waals surface area contributed by atoms with Crippen molar-refractivity contribution >= 4 is 15.9 Å². The molecule has 0 radical (unpaired) electrons. The third-order valence-corrected chi connectivity index (χ3v) is 3.57. The predicted molar refractivity (Wildman–Crippen MR) is 76.2 cm³/mol. The van der Waals surface area contributed by atoms with Crippen LogP contribution in [0.25, 0.3) is 0 Å². The van der Waals surface area contributed by atoms with E-state index in [2.05, 4.69) is 15.9 Å². The normalized spacial score (nSPS) is 13.2. The molecule has 1 nitrogen and oxygen atoms in total. The molecule has 112 valence electrons. The van der Waals surface area contributed by atoms with Gasteiger partial charge in [-0.05, 0) is 30.2 Å². The summed E-state index contributed by atoms with van der Waals surface area (Å²) < 4.78 is 52.3. The lowest BCUT2D eigenvalue weighted by Gasteiger charge is -2.15. The second-order valence-corrected chi connectivity index (χ2v) is 5.59. The van der Waals surface area contributed by atoms with Crippen LogP contribution < -0.4 is 5.73 Å². The highest BCUT2D eigenvalue weighted by molar-refractivity contribution is 9.10. The Hall–Kier alpha value is -1.40. The van der Waals surface area contributed by atoms with Crippen LogP contribution in [0.15, 0.2) is 46.9 Å². The van der Waals surface area contributed by atoms with E-state index in [0.717, 1.165) is 12.1 Å². The highest BCUT2D eigenvalue weighted by atomic mass is 79.9. The maximum atomic E-state index is 13.8. The smallest absolute Gasteiger partial charge is 0.324 e. The number of alkyl halides is 3. The Morgan fingerprint density at radius 1 is 1.10 bits per heavy atom. The van der Waals surface area contributed by atoms with Gasteiger partial charge in [-0.25, -0.2) is 4.39 Å². The van der Waals surface area contributed by atoms with Crippen LogP contribution in [0, 0.1) is 5.82 Å². The van der Waals surface area contributed by atoms with Gasteiger partial charge < -0.3 is 5.73 Å². The monoisotopic (exact) mass is 361 g/mol. The van der Waals surface area contributed by atoms with Crippen molar-refractivity contribution in [2.45, 2.75) is 18.6 Å². The first-order valence-electron chi connectivity index (χ1n) is 6.14. The SMILES string of the molecule is NC(Cc1cccc(C(F)(F)F)c1)c1ccc(Br)cc1F. The second kappa shape index (κ2) is 6.15. The van der Waals surface area contributed by atoms with Crippen molar-refractivity contribution in [3.05, 3.63) is 69.4 Å². The van der Waals surface area contributed by atoms with Crippen LogP contribution in [0.3, 0.4) is 0 Å². The van der Waals surface area contributed by atoms with E-state index < -0.39 is 23.6 Å². The molecule has 0 aliphatic rings. The number of hydrogen-bond acceptors (Lipinski definition) is 1. The van der Waals surface area contributed by atoms with Crippen LogP contribution in [0.4, 0.5) is 17.6 Å². The van der Waals surface area contributed by atoms with Crippen molar-refractivity contribution in [1.29, 1.82) is 0 Å². The lowest BCUT2D eigenvalue weighted by Crippen LogP contribution is -2.15. The quantitative estimate of drug-likeness (QED) is 0.777. The summed E-state index contributed by atoms with van der Waals surface area (Å²) >= 11 is 3.14. The lowest BCUT2D eigenvalue weighted by atomic mass is 9.98. The Morgan fingerprint density at radius 2 is 1.81 bits per heavy atom. The summed E-state index contributed by atoms with van der Waals surface area (Å²) in [7, 11) is 0. The van der Waals surface area contributed by atoms with Gasteiger partial charge in [0.1, 0.15) is 5.82 Å². The molecule has 0 bridgehead atoms. The van der Waals surface area contributed by atoms with Gasteiger partial charge in [0.05, 0.1) is 5.56 Å². The van der Waals surface area contributed by atoms with Crippen molar-refractivity contribution in [3.63, 3.8) is 0 Å². The van der Waals surface area contributed by atoms with Crippen LogP contribution in [-0.2, 0) is 12.6 Å². The van der Waals surface area contributed by atoms with Crippen LogP contribution >= 0.6 is 15.9 Å². The van der Waals surface area contributed by atoms with E-state index in [-0.39, 0.29) is 12.0 Å². The molecule has 2 aromatic rings. The molecule has 0 aliphatic heterocycles. The Kier molecular flexibility index (Phi) is 4.68. The highest BCUT2D eigenvalue weighted by Crippen LogP contribution is 2.30. The van der Waals surface area contributed by atoms with E-state index in [1.807, 2.05) is 0 Å². The molecule has 0 heterocycles. The molecule has 0 aromatic heterocycles. The van der Waals surface area contributed by atoms with Crippen LogP contribution in [0.2, 0.25) is 0 Å². The lowest BCUT2D eigenvalue weighted by molar-refractivity contribution is -0.137. The van der Waals surface area contributed by atoms with Gasteiger partial charge in [-0.1, -0.05) is 40.2 Å². The molecular weight excluding hydrogens is 350 g/mol. The molecule has 0 saturated heterocycles. The summed E-state index contributed by atoms with van der Waals surface area (Å²) in [6.45, 7) is 0. The van der Waals surface area contributed by atoms with E-state index in [0.29, 0.717) is 10.0 Å². The average molecular weight is 362 g/mol. The molecule has 2 rings (SSSR count). The number of benzene rings is 2. The first-order valence-corrected chi connectivity index (χ1v) is 6.93. The fraction of sp³-hybridized carbons (Fsp3) is 0.200. The van der Waals surface area contributed by atoms with Gasteiger partial charge in [0.2, 0.25) is 0 Å². The van der Waals surface area contributed by atoms with Crippen molar-refractivity contribution < 1.29 is 17.6 Å². The van der Waals surface area contributed by atoms with Gasteiger partial charge in [0, 0.05) is 16.1 Å². The zero-order valence-electron chi connectivity index (χ0n) is 10.8. The Balaban J connectivity index is 2.21. The Labute approximate surface area is 127 Å². The Morgan fingerprint density at radius 3 is 2.43 bits per heavy atom. The standard InChI is InChI=1S/C15H12BrF4N/c16-11-4-5-12(13(17)8-11)14(21)7-9-2-1-3-10(6-9)15(18,19)20/h1-6,8,14H,7,21H2. The summed E-state index contributed by atoms with van der Waals surface area (Å²) in [4.78, 5) is 0. The third-order valence-electron chi connectivity index (χ3n) is 3.07. The molecular formula is C15H12BrF4N. The molecule has 1 atom stereocenters. The van der Waals surface area contributed by atoms with Crippen molar-refractivity contribution in [2.75, 3.05) is 0 Å². The van der Waals surface area contributed by atoms with Crippen LogP contribution in [0.5, 0.6) is 0 Å². The number of rotatable bonds is 3.